The van der Waals surface area contributed by atoms with Gasteiger partial charge in [-0.2, -0.15) is 5.10 Å². The number of hydrogen-bond acceptors (Lipinski definition) is 2. The van der Waals surface area contributed by atoms with Gasteiger partial charge in [-0.1, -0.05) is 13.8 Å². The topological polar surface area (TPSA) is 29.9 Å². The number of nitrogens with zero attached hydrogens (tertiary/aromatic N) is 2. The summed E-state index contributed by atoms with van der Waals surface area (Å²) in [5.41, 5.74) is 0.613. The first kappa shape index (κ1) is 11.1. The molecule has 1 aromatic rings. The lowest BCUT2D eigenvalue weighted by atomic mass is 10.3. The van der Waals surface area contributed by atoms with Crippen molar-refractivity contribution in [3.8, 4) is 0 Å². The molecule has 0 saturated heterocycles. The SMILES string of the molecule is CC(C)NCc1cc(C(F)F)n(C)n1. The molecule has 0 amide bonds. The molecule has 0 saturated carbocycles. The van der Waals surface area contributed by atoms with Gasteiger partial charge in [0.1, 0.15) is 5.69 Å². The first-order valence-electron chi connectivity index (χ1n) is 4.55. The number of rotatable bonds is 4. The number of aryl methyl sites for hydroxylation is 1. The zero-order chi connectivity index (χ0) is 10.7. The third-order valence-electron chi connectivity index (χ3n) is 1.88. The van der Waals surface area contributed by atoms with E-state index < -0.39 is 6.43 Å². The quantitative estimate of drug-likeness (QED) is 0.809. The van der Waals surface area contributed by atoms with Crippen molar-refractivity contribution in [2.24, 2.45) is 7.05 Å². The average Bonchev–Trinajstić information content (AvgIpc) is 2.43. The minimum atomic E-state index is -2.46. The first-order valence-corrected chi connectivity index (χ1v) is 4.55. The normalized spacial score (nSPS) is 11.6. The Balaban J connectivity index is 2.66. The summed E-state index contributed by atoms with van der Waals surface area (Å²) < 4.78 is 25.9. The monoisotopic (exact) mass is 203 g/mol. The minimum Gasteiger partial charge on any atom is -0.309 e. The molecule has 0 atom stereocenters. The number of aromatic nitrogens is 2. The van der Waals surface area contributed by atoms with Gasteiger partial charge in [0.25, 0.3) is 6.43 Å². The second-order valence-electron chi connectivity index (χ2n) is 3.52. The van der Waals surface area contributed by atoms with E-state index in [1.165, 1.54) is 17.8 Å². The largest absolute Gasteiger partial charge is 0.309 e. The molecule has 80 valence electrons. The van der Waals surface area contributed by atoms with Crippen molar-refractivity contribution < 1.29 is 8.78 Å². The highest BCUT2D eigenvalue weighted by molar-refractivity contribution is 5.11. The van der Waals surface area contributed by atoms with Crippen LogP contribution in [0, 0.1) is 0 Å². The van der Waals surface area contributed by atoms with E-state index in [2.05, 4.69) is 10.4 Å². The van der Waals surface area contributed by atoms with Crippen LogP contribution in [0.1, 0.15) is 31.7 Å². The van der Waals surface area contributed by atoms with Crippen LogP contribution in [-0.4, -0.2) is 15.8 Å². The van der Waals surface area contributed by atoms with Gasteiger partial charge in [-0.25, -0.2) is 8.78 Å². The first-order chi connectivity index (χ1) is 6.50. The van der Waals surface area contributed by atoms with E-state index >= 15 is 0 Å². The Morgan fingerprint density at radius 1 is 1.50 bits per heavy atom. The number of nitrogens with one attached hydrogen (secondary N) is 1. The van der Waals surface area contributed by atoms with E-state index in [0.717, 1.165) is 0 Å². The molecule has 0 spiro atoms. The molecule has 5 heteroatoms. The number of hydrogen-bond donors (Lipinski definition) is 1. The van der Waals surface area contributed by atoms with Crippen molar-refractivity contribution in [1.29, 1.82) is 0 Å². The van der Waals surface area contributed by atoms with Crippen LogP contribution in [-0.2, 0) is 13.6 Å². The Morgan fingerprint density at radius 2 is 2.14 bits per heavy atom. The highest BCUT2D eigenvalue weighted by Crippen LogP contribution is 2.18. The summed E-state index contributed by atoms with van der Waals surface area (Å²) in [6.07, 6.45) is -2.46. The summed E-state index contributed by atoms with van der Waals surface area (Å²) in [6, 6.07) is 1.76. The van der Waals surface area contributed by atoms with Gasteiger partial charge in [-0.3, -0.25) is 4.68 Å². The molecule has 1 rings (SSSR count). The minimum absolute atomic E-state index is 0.0365. The molecule has 1 aromatic heterocycles. The molecule has 0 unspecified atom stereocenters. The standard InChI is InChI=1S/C9H15F2N3/c1-6(2)12-5-7-4-8(9(10)11)14(3)13-7/h4,6,9,12H,5H2,1-3H3. The average molecular weight is 203 g/mol. The van der Waals surface area contributed by atoms with Crippen LogP contribution in [0.4, 0.5) is 8.78 Å². The lowest BCUT2D eigenvalue weighted by Crippen LogP contribution is -2.22. The third kappa shape index (κ3) is 2.77. The molecule has 14 heavy (non-hydrogen) atoms. The molecular formula is C9H15F2N3. The molecule has 0 bridgehead atoms. The highest BCUT2D eigenvalue weighted by atomic mass is 19.3. The molecular weight excluding hydrogens is 188 g/mol. The van der Waals surface area contributed by atoms with Gasteiger partial charge in [0.05, 0.1) is 5.69 Å². The number of alkyl halides is 2. The van der Waals surface area contributed by atoms with E-state index in [9.17, 15) is 8.78 Å². The fraction of sp³-hybridized carbons (Fsp3) is 0.667. The maximum absolute atomic E-state index is 12.4. The van der Waals surface area contributed by atoms with Crippen LogP contribution < -0.4 is 5.32 Å². The van der Waals surface area contributed by atoms with Crippen molar-refractivity contribution in [1.82, 2.24) is 15.1 Å². The van der Waals surface area contributed by atoms with Gasteiger partial charge in [0.15, 0.2) is 0 Å². The van der Waals surface area contributed by atoms with Crippen molar-refractivity contribution in [2.75, 3.05) is 0 Å². The smallest absolute Gasteiger partial charge is 0.280 e. The van der Waals surface area contributed by atoms with E-state index in [1.54, 1.807) is 0 Å². The molecule has 3 nitrogen and oxygen atoms in total. The van der Waals surface area contributed by atoms with Crippen molar-refractivity contribution >= 4 is 0 Å². The summed E-state index contributed by atoms with van der Waals surface area (Å²) in [4.78, 5) is 0. The van der Waals surface area contributed by atoms with Crippen LogP contribution in [0.2, 0.25) is 0 Å². The highest BCUT2D eigenvalue weighted by Gasteiger charge is 2.13. The predicted molar refractivity (Wildman–Crippen MR) is 50.1 cm³/mol. The second-order valence-corrected chi connectivity index (χ2v) is 3.52. The van der Waals surface area contributed by atoms with E-state index in [4.69, 9.17) is 0 Å². The summed E-state index contributed by atoms with van der Waals surface area (Å²) in [5.74, 6) is 0. The Bertz CT molecular complexity index is 294. The predicted octanol–water partition coefficient (Wildman–Crippen LogP) is 1.86. The van der Waals surface area contributed by atoms with Gasteiger partial charge in [-0.15, -0.1) is 0 Å². The van der Waals surface area contributed by atoms with Crippen LogP contribution in [0.5, 0.6) is 0 Å². The molecule has 0 aliphatic carbocycles. The fourth-order valence-electron chi connectivity index (χ4n) is 1.14. The van der Waals surface area contributed by atoms with Gasteiger partial charge in [0, 0.05) is 19.6 Å². The fourth-order valence-corrected chi connectivity index (χ4v) is 1.14. The zero-order valence-electron chi connectivity index (χ0n) is 8.59. The van der Waals surface area contributed by atoms with Gasteiger partial charge < -0.3 is 5.32 Å². The Labute approximate surface area is 82.1 Å². The van der Waals surface area contributed by atoms with Crippen LogP contribution >= 0.6 is 0 Å². The molecule has 0 aliphatic heterocycles. The lowest BCUT2D eigenvalue weighted by molar-refractivity contribution is 0.141. The maximum Gasteiger partial charge on any atom is 0.280 e. The lowest BCUT2D eigenvalue weighted by Gasteiger charge is -2.04. The third-order valence-corrected chi connectivity index (χ3v) is 1.88. The van der Waals surface area contributed by atoms with E-state index in [-0.39, 0.29) is 5.69 Å². The van der Waals surface area contributed by atoms with Crippen molar-refractivity contribution in [3.05, 3.63) is 17.5 Å². The Morgan fingerprint density at radius 3 is 2.57 bits per heavy atom. The molecule has 1 N–H and O–H groups in total. The van der Waals surface area contributed by atoms with Crippen molar-refractivity contribution in [2.45, 2.75) is 32.9 Å². The summed E-state index contributed by atoms with van der Waals surface area (Å²) >= 11 is 0. The maximum atomic E-state index is 12.4. The Kier molecular flexibility index (Phi) is 3.57. The van der Waals surface area contributed by atoms with Gasteiger partial charge >= 0.3 is 0 Å². The molecule has 1 heterocycles. The molecule has 0 radical (unpaired) electrons. The molecule has 0 fully saturated rings. The summed E-state index contributed by atoms with van der Waals surface area (Å²) in [7, 11) is 1.53. The summed E-state index contributed by atoms with van der Waals surface area (Å²) in [5, 5.41) is 7.10. The van der Waals surface area contributed by atoms with Crippen LogP contribution in [0.15, 0.2) is 6.07 Å². The molecule has 0 aliphatic rings. The number of halogens is 2. The summed E-state index contributed by atoms with van der Waals surface area (Å²) in [6.45, 7) is 4.52. The van der Waals surface area contributed by atoms with Crippen LogP contribution in [0.25, 0.3) is 0 Å². The van der Waals surface area contributed by atoms with Gasteiger partial charge in [0.2, 0.25) is 0 Å². The Hall–Kier alpha value is -0.970. The zero-order valence-corrected chi connectivity index (χ0v) is 8.59. The van der Waals surface area contributed by atoms with Crippen LogP contribution in [0.3, 0.4) is 0 Å². The van der Waals surface area contributed by atoms with E-state index in [0.29, 0.717) is 18.3 Å². The second kappa shape index (κ2) is 4.50. The van der Waals surface area contributed by atoms with Crippen molar-refractivity contribution in [3.63, 3.8) is 0 Å². The molecule has 0 aromatic carbocycles. The van der Waals surface area contributed by atoms with Gasteiger partial charge in [-0.05, 0) is 6.07 Å². The van der Waals surface area contributed by atoms with E-state index in [1.807, 2.05) is 13.8 Å².